The summed E-state index contributed by atoms with van der Waals surface area (Å²) in [6.45, 7) is 5.78. The van der Waals surface area contributed by atoms with Gasteiger partial charge in [-0.1, -0.05) is 50.0 Å². The molecule has 0 fully saturated rings. The Labute approximate surface area is 195 Å². The first-order valence-electron chi connectivity index (χ1n) is 9.95. The molecule has 0 bridgehead atoms. The summed E-state index contributed by atoms with van der Waals surface area (Å²) in [6.07, 6.45) is 0.611. The number of halogens is 3. The number of hydrogen-bond donors (Lipinski definition) is 2. The molecule has 0 radical (unpaired) electrons. The van der Waals surface area contributed by atoms with Crippen molar-refractivity contribution in [2.75, 3.05) is 0 Å². The number of nitrogens with zero attached hydrogens (tertiary/aromatic N) is 2. The average molecular weight is 475 g/mol. The van der Waals surface area contributed by atoms with Crippen LogP contribution in [0.3, 0.4) is 0 Å². The van der Waals surface area contributed by atoms with Crippen molar-refractivity contribution in [1.29, 1.82) is 5.26 Å². The minimum absolute atomic E-state index is 0.0400. The highest BCUT2D eigenvalue weighted by atomic mass is 35.5. The van der Waals surface area contributed by atoms with E-state index >= 15 is 4.39 Å². The number of nitriles is 1. The molecule has 0 saturated heterocycles. The van der Waals surface area contributed by atoms with E-state index in [-0.39, 0.29) is 45.1 Å². The summed E-state index contributed by atoms with van der Waals surface area (Å²) in [5.74, 6) is -0.323. The van der Waals surface area contributed by atoms with Crippen LogP contribution >= 0.6 is 23.2 Å². The Bertz CT molecular complexity index is 1200. The first-order chi connectivity index (χ1) is 15.2. The lowest BCUT2D eigenvalue weighted by atomic mass is 10.2. The number of ether oxygens (including phenoxy) is 1. The van der Waals surface area contributed by atoms with Gasteiger partial charge in [0.05, 0.1) is 16.7 Å². The molecule has 1 heterocycles. The number of aromatic amines is 1. The topological polar surface area (TPSA) is 90.8 Å². The van der Waals surface area contributed by atoms with Crippen molar-refractivity contribution in [3.8, 4) is 17.6 Å². The lowest BCUT2D eigenvalue weighted by Crippen LogP contribution is -2.25. The number of aryl methyl sites for hydroxylation is 1. The first kappa shape index (κ1) is 23.6. The highest BCUT2D eigenvalue weighted by Crippen LogP contribution is 2.35. The van der Waals surface area contributed by atoms with Crippen LogP contribution in [0, 0.1) is 17.1 Å². The first-order valence-corrected chi connectivity index (χ1v) is 10.7. The number of rotatable bonds is 7. The van der Waals surface area contributed by atoms with E-state index in [0.29, 0.717) is 12.1 Å². The monoisotopic (exact) mass is 474 g/mol. The second kappa shape index (κ2) is 10.0. The smallest absolute Gasteiger partial charge is 0.272 e. The quantitative estimate of drug-likeness (QED) is 0.430. The number of nitrogens with one attached hydrogen (secondary N) is 2. The second-order valence-electron chi connectivity index (χ2n) is 7.38. The molecule has 0 aliphatic carbocycles. The molecule has 1 aromatic heterocycles. The van der Waals surface area contributed by atoms with E-state index < -0.39 is 11.7 Å². The maximum Gasteiger partial charge on any atom is 0.272 e. The van der Waals surface area contributed by atoms with Gasteiger partial charge >= 0.3 is 0 Å². The van der Waals surface area contributed by atoms with E-state index in [4.69, 9.17) is 33.2 Å². The molecule has 3 aromatic rings. The molecule has 0 aliphatic rings. The molecule has 0 saturated carbocycles. The van der Waals surface area contributed by atoms with Crippen molar-refractivity contribution in [3.63, 3.8) is 0 Å². The van der Waals surface area contributed by atoms with Gasteiger partial charge in [-0.2, -0.15) is 5.26 Å². The second-order valence-corrected chi connectivity index (χ2v) is 8.22. The van der Waals surface area contributed by atoms with E-state index in [1.165, 1.54) is 30.3 Å². The van der Waals surface area contributed by atoms with Gasteiger partial charge in [0.15, 0.2) is 11.6 Å². The Hall–Kier alpha value is -3.08. The standard InChI is InChI=1S/C23H21Cl2FN4O2/c1-4-18-20(30-22(29-18)12(2)3)23(31)28-11-14-5-6-17(25)21(19(14)26)32-16-8-13(10-27)7-15(24)9-16/h5-9,12H,4,11H2,1-3H3,(H,28,31)(H,29,30). The highest BCUT2D eigenvalue weighted by Gasteiger charge is 2.20. The van der Waals surface area contributed by atoms with E-state index in [1.807, 2.05) is 26.8 Å². The molecule has 166 valence electrons. The highest BCUT2D eigenvalue weighted by molar-refractivity contribution is 6.32. The maximum atomic E-state index is 15.1. The summed E-state index contributed by atoms with van der Waals surface area (Å²) in [5, 5.41) is 12.1. The van der Waals surface area contributed by atoms with Crippen molar-refractivity contribution in [3.05, 3.63) is 74.5 Å². The third kappa shape index (κ3) is 5.21. The van der Waals surface area contributed by atoms with Crippen molar-refractivity contribution in [1.82, 2.24) is 15.3 Å². The van der Waals surface area contributed by atoms with Gasteiger partial charge in [-0.25, -0.2) is 9.37 Å². The predicted molar refractivity (Wildman–Crippen MR) is 121 cm³/mol. The number of carbonyl (C=O) groups is 1. The predicted octanol–water partition coefficient (Wildman–Crippen LogP) is 6.14. The fraction of sp³-hybridized carbons (Fsp3) is 0.261. The van der Waals surface area contributed by atoms with Gasteiger partial charge < -0.3 is 15.0 Å². The Morgan fingerprint density at radius 3 is 2.72 bits per heavy atom. The lowest BCUT2D eigenvalue weighted by Gasteiger charge is -2.13. The number of hydrogen-bond acceptors (Lipinski definition) is 4. The molecule has 0 unspecified atom stereocenters. The zero-order chi connectivity index (χ0) is 23.4. The summed E-state index contributed by atoms with van der Waals surface area (Å²) in [6, 6.07) is 9.22. The molecule has 6 nitrogen and oxygen atoms in total. The molecule has 1 amide bonds. The summed E-state index contributed by atoms with van der Waals surface area (Å²) in [4.78, 5) is 20.2. The van der Waals surface area contributed by atoms with Crippen LogP contribution < -0.4 is 10.1 Å². The van der Waals surface area contributed by atoms with Gasteiger partial charge in [-0.05, 0) is 30.7 Å². The van der Waals surface area contributed by atoms with Crippen molar-refractivity contribution in [2.24, 2.45) is 0 Å². The molecule has 2 N–H and O–H groups in total. The van der Waals surface area contributed by atoms with Gasteiger partial charge in [-0.15, -0.1) is 0 Å². The van der Waals surface area contributed by atoms with Gasteiger partial charge in [0, 0.05) is 28.7 Å². The van der Waals surface area contributed by atoms with Gasteiger partial charge in [0.2, 0.25) is 0 Å². The molecule has 2 aromatic carbocycles. The SMILES string of the molecule is CCc1[nH]c(C(C)C)nc1C(=O)NCc1ccc(Cl)c(Oc2cc(Cl)cc(C#N)c2)c1F. The molecule has 3 rings (SSSR count). The van der Waals surface area contributed by atoms with E-state index in [1.54, 1.807) is 0 Å². The Morgan fingerprint density at radius 1 is 1.31 bits per heavy atom. The molecule has 0 aliphatic heterocycles. The fourth-order valence-corrected chi connectivity index (χ4v) is 3.42. The third-order valence-corrected chi connectivity index (χ3v) is 5.22. The molecule has 0 spiro atoms. The van der Waals surface area contributed by atoms with Crippen LogP contribution in [-0.2, 0) is 13.0 Å². The van der Waals surface area contributed by atoms with Gasteiger partial charge in [0.25, 0.3) is 5.91 Å². The van der Waals surface area contributed by atoms with Crippen LogP contribution in [0.4, 0.5) is 4.39 Å². The number of benzene rings is 2. The largest absolute Gasteiger partial charge is 0.453 e. The number of H-pyrrole nitrogens is 1. The molecular weight excluding hydrogens is 454 g/mol. The summed E-state index contributed by atoms with van der Waals surface area (Å²) >= 11 is 12.1. The van der Waals surface area contributed by atoms with Crippen LogP contribution in [0.25, 0.3) is 0 Å². The number of aromatic nitrogens is 2. The zero-order valence-corrected chi connectivity index (χ0v) is 19.2. The van der Waals surface area contributed by atoms with Crippen molar-refractivity contribution < 1.29 is 13.9 Å². The van der Waals surface area contributed by atoms with Crippen LogP contribution in [-0.4, -0.2) is 15.9 Å². The van der Waals surface area contributed by atoms with E-state index in [9.17, 15) is 4.79 Å². The minimum atomic E-state index is -0.725. The number of amides is 1. The Morgan fingerprint density at radius 2 is 2.06 bits per heavy atom. The molecule has 32 heavy (non-hydrogen) atoms. The third-order valence-electron chi connectivity index (χ3n) is 4.70. The van der Waals surface area contributed by atoms with Crippen LogP contribution in [0.15, 0.2) is 30.3 Å². The Balaban J connectivity index is 1.81. The normalized spacial score (nSPS) is 10.8. The molecule has 9 heteroatoms. The molecule has 0 atom stereocenters. The van der Waals surface area contributed by atoms with Gasteiger partial charge in [0.1, 0.15) is 17.3 Å². The molecular formula is C23H21Cl2FN4O2. The Kier molecular flexibility index (Phi) is 7.39. The van der Waals surface area contributed by atoms with E-state index in [0.717, 1.165) is 11.5 Å². The zero-order valence-electron chi connectivity index (χ0n) is 17.7. The maximum absolute atomic E-state index is 15.1. The number of carbonyl (C=O) groups excluding carboxylic acids is 1. The summed E-state index contributed by atoms with van der Waals surface area (Å²) in [5.41, 5.74) is 1.46. The van der Waals surface area contributed by atoms with Crippen LogP contribution in [0.5, 0.6) is 11.5 Å². The average Bonchev–Trinajstić information content (AvgIpc) is 3.20. The summed E-state index contributed by atoms with van der Waals surface area (Å²) < 4.78 is 20.7. The van der Waals surface area contributed by atoms with Crippen LogP contribution in [0.1, 0.15) is 59.8 Å². The summed E-state index contributed by atoms with van der Waals surface area (Å²) in [7, 11) is 0. The van der Waals surface area contributed by atoms with Crippen molar-refractivity contribution in [2.45, 2.75) is 39.7 Å². The van der Waals surface area contributed by atoms with Crippen molar-refractivity contribution >= 4 is 29.1 Å². The fourth-order valence-electron chi connectivity index (χ4n) is 3.01. The van der Waals surface area contributed by atoms with Gasteiger partial charge in [-0.3, -0.25) is 4.79 Å². The number of imidazole rings is 1. The lowest BCUT2D eigenvalue weighted by molar-refractivity contribution is 0.0945. The minimum Gasteiger partial charge on any atom is -0.453 e. The van der Waals surface area contributed by atoms with Crippen LogP contribution in [0.2, 0.25) is 10.0 Å². The van der Waals surface area contributed by atoms with E-state index in [2.05, 4.69) is 15.3 Å².